The molecular formula is C18H21N3OS. The summed E-state index contributed by atoms with van der Waals surface area (Å²) in [5, 5.41) is 11.2. The van der Waals surface area contributed by atoms with Crippen LogP contribution in [-0.2, 0) is 12.8 Å². The molecule has 23 heavy (non-hydrogen) atoms. The molecule has 1 aliphatic heterocycles. The Labute approximate surface area is 139 Å². The van der Waals surface area contributed by atoms with E-state index in [0.717, 1.165) is 50.5 Å². The van der Waals surface area contributed by atoms with Gasteiger partial charge in [-0.3, -0.25) is 0 Å². The molecule has 3 heterocycles. The zero-order chi connectivity index (χ0) is 15.5. The van der Waals surface area contributed by atoms with Gasteiger partial charge in [-0.15, -0.1) is 11.3 Å². The molecule has 0 amide bonds. The Kier molecular flexibility index (Phi) is 4.39. The van der Waals surface area contributed by atoms with Gasteiger partial charge in [-0.05, 0) is 54.6 Å². The molecule has 5 heteroatoms. The van der Waals surface area contributed by atoms with Crippen LogP contribution < -0.4 is 5.32 Å². The van der Waals surface area contributed by atoms with Crippen LogP contribution in [0.5, 0.6) is 0 Å². The van der Waals surface area contributed by atoms with Crippen LogP contribution in [0.2, 0.25) is 0 Å². The van der Waals surface area contributed by atoms with Crippen LogP contribution in [0, 0.1) is 0 Å². The number of nitrogens with zero attached hydrogens (tertiary/aromatic N) is 2. The van der Waals surface area contributed by atoms with Crippen LogP contribution in [0.25, 0.3) is 10.1 Å². The van der Waals surface area contributed by atoms with Gasteiger partial charge >= 0.3 is 0 Å². The molecule has 0 spiro atoms. The smallest absolute Gasteiger partial charge is 0.226 e. The highest BCUT2D eigenvalue weighted by molar-refractivity contribution is 7.17. The Bertz CT molecular complexity index is 773. The largest absolute Gasteiger partial charge is 0.339 e. The fraction of sp³-hybridized carbons (Fsp3) is 0.444. The summed E-state index contributed by atoms with van der Waals surface area (Å²) in [5.41, 5.74) is 1.43. The number of nitrogens with one attached hydrogen (secondary N) is 1. The maximum atomic E-state index is 5.44. The van der Waals surface area contributed by atoms with E-state index >= 15 is 0 Å². The quantitative estimate of drug-likeness (QED) is 0.771. The highest BCUT2D eigenvalue weighted by Crippen LogP contribution is 2.27. The van der Waals surface area contributed by atoms with Gasteiger partial charge in [0.25, 0.3) is 0 Å². The fourth-order valence-electron chi connectivity index (χ4n) is 3.26. The van der Waals surface area contributed by atoms with E-state index in [0.29, 0.717) is 5.92 Å². The van der Waals surface area contributed by atoms with Crippen LogP contribution in [0.3, 0.4) is 0 Å². The minimum absolute atomic E-state index is 0.419. The van der Waals surface area contributed by atoms with Crippen molar-refractivity contribution in [1.29, 1.82) is 0 Å². The zero-order valence-electron chi connectivity index (χ0n) is 13.1. The fourth-order valence-corrected chi connectivity index (χ4v) is 4.26. The van der Waals surface area contributed by atoms with Gasteiger partial charge in [-0.25, -0.2) is 0 Å². The van der Waals surface area contributed by atoms with Crippen molar-refractivity contribution < 1.29 is 4.52 Å². The number of aryl methyl sites for hydroxylation is 2. The second-order valence-electron chi connectivity index (χ2n) is 6.20. The number of hydrogen-bond acceptors (Lipinski definition) is 5. The summed E-state index contributed by atoms with van der Waals surface area (Å²) in [6.07, 6.45) is 5.32. The molecule has 0 radical (unpaired) electrons. The third kappa shape index (κ3) is 3.31. The van der Waals surface area contributed by atoms with Gasteiger partial charge in [0.2, 0.25) is 5.89 Å². The number of hydrogen-bond donors (Lipinski definition) is 1. The molecule has 1 atom stereocenters. The number of benzene rings is 1. The first-order valence-electron chi connectivity index (χ1n) is 8.38. The van der Waals surface area contributed by atoms with Crippen molar-refractivity contribution in [1.82, 2.24) is 15.5 Å². The van der Waals surface area contributed by atoms with E-state index in [2.05, 4.69) is 45.1 Å². The zero-order valence-corrected chi connectivity index (χ0v) is 13.9. The first kappa shape index (κ1) is 14.8. The van der Waals surface area contributed by atoms with Crippen LogP contribution in [-0.4, -0.2) is 23.2 Å². The lowest BCUT2D eigenvalue weighted by molar-refractivity contribution is 0.359. The second-order valence-corrected chi connectivity index (χ2v) is 7.11. The summed E-state index contributed by atoms with van der Waals surface area (Å²) in [5.74, 6) is 2.08. The topological polar surface area (TPSA) is 51.0 Å². The van der Waals surface area contributed by atoms with Crippen molar-refractivity contribution in [2.24, 2.45) is 0 Å². The highest BCUT2D eigenvalue weighted by Gasteiger charge is 2.20. The summed E-state index contributed by atoms with van der Waals surface area (Å²) >= 11 is 1.82. The number of thiophene rings is 1. The maximum absolute atomic E-state index is 5.44. The number of piperidine rings is 1. The molecule has 4 rings (SSSR count). The molecule has 1 fully saturated rings. The third-order valence-corrected chi connectivity index (χ3v) is 5.56. The van der Waals surface area contributed by atoms with Crippen molar-refractivity contribution in [3.8, 4) is 0 Å². The average molecular weight is 327 g/mol. The summed E-state index contributed by atoms with van der Waals surface area (Å²) in [6.45, 7) is 2.08. The van der Waals surface area contributed by atoms with Crippen LogP contribution in [0.4, 0.5) is 0 Å². The molecule has 0 bridgehead atoms. The molecule has 2 aromatic heterocycles. The first-order chi connectivity index (χ1) is 11.4. The summed E-state index contributed by atoms with van der Waals surface area (Å²) in [6, 6.07) is 8.61. The van der Waals surface area contributed by atoms with E-state index < -0.39 is 0 Å². The first-order valence-corrected chi connectivity index (χ1v) is 9.26. The Morgan fingerprint density at radius 1 is 1.26 bits per heavy atom. The van der Waals surface area contributed by atoms with Crippen LogP contribution >= 0.6 is 11.3 Å². The van der Waals surface area contributed by atoms with E-state index in [1.807, 2.05) is 11.3 Å². The van der Waals surface area contributed by atoms with E-state index in [1.54, 1.807) is 0 Å². The van der Waals surface area contributed by atoms with E-state index in [-0.39, 0.29) is 0 Å². The third-order valence-electron chi connectivity index (χ3n) is 4.54. The minimum atomic E-state index is 0.419. The predicted octanol–water partition coefficient (Wildman–Crippen LogP) is 3.93. The standard InChI is InChI=1S/C18H21N3OS/c1-2-8-16-15(7-1)14(12-23-16)5-3-9-17-20-18(21-22-17)13-6-4-10-19-11-13/h1-2,7-8,12-13,19H,3-6,9-11H2. The van der Waals surface area contributed by atoms with Gasteiger partial charge < -0.3 is 9.84 Å². The lowest BCUT2D eigenvalue weighted by atomic mass is 9.99. The lowest BCUT2D eigenvalue weighted by Crippen LogP contribution is -2.28. The summed E-state index contributed by atoms with van der Waals surface area (Å²) in [7, 11) is 0. The molecule has 0 aliphatic carbocycles. The number of aromatic nitrogens is 2. The van der Waals surface area contributed by atoms with E-state index in [4.69, 9.17) is 4.52 Å². The van der Waals surface area contributed by atoms with Gasteiger partial charge in [-0.2, -0.15) is 4.98 Å². The van der Waals surface area contributed by atoms with Crippen molar-refractivity contribution in [3.05, 3.63) is 46.9 Å². The van der Waals surface area contributed by atoms with Crippen molar-refractivity contribution in [3.63, 3.8) is 0 Å². The Morgan fingerprint density at radius 2 is 2.22 bits per heavy atom. The molecule has 4 nitrogen and oxygen atoms in total. The lowest BCUT2D eigenvalue weighted by Gasteiger charge is -2.19. The Hall–Kier alpha value is -1.72. The van der Waals surface area contributed by atoms with E-state index in [9.17, 15) is 0 Å². The minimum Gasteiger partial charge on any atom is -0.339 e. The number of rotatable bonds is 5. The molecule has 1 N–H and O–H groups in total. The molecule has 120 valence electrons. The van der Waals surface area contributed by atoms with Gasteiger partial charge in [0.15, 0.2) is 5.82 Å². The normalized spacial score (nSPS) is 18.5. The van der Waals surface area contributed by atoms with E-state index in [1.165, 1.54) is 22.1 Å². The average Bonchev–Trinajstić information content (AvgIpc) is 3.23. The maximum Gasteiger partial charge on any atom is 0.226 e. The summed E-state index contributed by atoms with van der Waals surface area (Å²) < 4.78 is 6.81. The molecular weight excluding hydrogens is 306 g/mol. The van der Waals surface area contributed by atoms with Gasteiger partial charge in [0.05, 0.1) is 0 Å². The van der Waals surface area contributed by atoms with Gasteiger partial charge in [0, 0.05) is 23.6 Å². The van der Waals surface area contributed by atoms with Crippen molar-refractivity contribution in [2.75, 3.05) is 13.1 Å². The summed E-state index contributed by atoms with van der Waals surface area (Å²) in [4.78, 5) is 4.60. The molecule has 1 saturated heterocycles. The molecule has 3 aromatic rings. The van der Waals surface area contributed by atoms with Crippen molar-refractivity contribution >= 4 is 21.4 Å². The van der Waals surface area contributed by atoms with Crippen molar-refractivity contribution in [2.45, 2.75) is 38.0 Å². The molecule has 1 aliphatic rings. The monoisotopic (exact) mass is 327 g/mol. The second kappa shape index (κ2) is 6.81. The molecule has 0 saturated carbocycles. The molecule has 1 unspecified atom stereocenters. The Morgan fingerprint density at radius 3 is 3.13 bits per heavy atom. The SMILES string of the molecule is c1ccc2c(CCCc3nc(C4CCCNC4)no3)csc2c1. The highest BCUT2D eigenvalue weighted by atomic mass is 32.1. The van der Waals surface area contributed by atoms with Gasteiger partial charge in [0.1, 0.15) is 0 Å². The van der Waals surface area contributed by atoms with Crippen LogP contribution in [0.1, 0.15) is 42.5 Å². The number of fused-ring (bicyclic) bond motifs is 1. The Balaban J connectivity index is 1.35. The predicted molar refractivity (Wildman–Crippen MR) is 93.0 cm³/mol. The van der Waals surface area contributed by atoms with Gasteiger partial charge in [-0.1, -0.05) is 23.4 Å². The van der Waals surface area contributed by atoms with Crippen LogP contribution in [0.15, 0.2) is 34.2 Å². The molecule has 1 aromatic carbocycles.